The SMILES string of the molecule is CC1C(=O)NC2(CCCCC2)C(=O)N1Cc1ncon1. The molecule has 1 saturated heterocycles. The van der Waals surface area contributed by atoms with Crippen LogP contribution in [-0.4, -0.2) is 38.4 Å². The Morgan fingerprint density at radius 3 is 2.80 bits per heavy atom. The van der Waals surface area contributed by atoms with Gasteiger partial charge in [0, 0.05) is 0 Å². The second kappa shape index (κ2) is 4.88. The molecule has 1 unspecified atom stereocenters. The number of rotatable bonds is 2. The zero-order valence-electron chi connectivity index (χ0n) is 11.5. The van der Waals surface area contributed by atoms with Gasteiger partial charge >= 0.3 is 0 Å². The summed E-state index contributed by atoms with van der Waals surface area (Å²) in [6.07, 6.45) is 5.71. The van der Waals surface area contributed by atoms with Gasteiger partial charge in [0.05, 0.1) is 6.54 Å². The summed E-state index contributed by atoms with van der Waals surface area (Å²) in [5, 5.41) is 6.67. The maximum atomic E-state index is 12.8. The smallest absolute Gasteiger partial charge is 0.249 e. The molecule has 1 aliphatic carbocycles. The van der Waals surface area contributed by atoms with Crippen molar-refractivity contribution in [2.24, 2.45) is 0 Å². The third-order valence-corrected chi connectivity index (χ3v) is 4.31. The third kappa shape index (κ3) is 2.07. The Kier molecular flexibility index (Phi) is 3.19. The second-order valence-corrected chi connectivity index (χ2v) is 5.59. The van der Waals surface area contributed by atoms with Crippen molar-refractivity contribution in [3.63, 3.8) is 0 Å². The summed E-state index contributed by atoms with van der Waals surface area (Å²) in [6, 6.07) is -0.506. The molecule has 1 aromatic rings. The van der Waals surface area contributed by atoms with E-state index >= 15 is 0 Å². The summed E-state index contributed by atoms with van der Waals surface area (Å²) in [6.45, 7) is 1.94. The fourth-order valence-corrected chi connectivity index (χ4v) is 3.10. The molecule has 3 rings (SSSR count). The van der Waals surface area contributed by atoms with E-state index in [1.807, 2.05) is 0 Å². The van der Waals surface area contributed by atoms with Crippen molar-refractivity contribution in [3.8, 4) is 0 Å². The molecule has 1 atom stereocenters. The van der Waals surface area contributed by atoms with Crippen molar-refractivity contribution in [2.75, 3.05) is 0 Å². The molecular weight excluding hydrogens is 260 g/mol. The summed E-state index contributed by atoms with van der Waals surface area (Å²) < 4.78 is 4.69. The molecule has 0 aromatic carbocycles. The lowest BCUT2D eigenvalue weighted by Crippen LogP contribution is -2.69. The van der Waals surface area contributed by atoms with Gasteiger partial charge in [-0.05, 0) is 19.8 Å². The standard InChI is InChI=1S/C13H18N4O3/c1-9-11(18)15-13(5-3-2-4-6-13)12(19)17(9)7-10-14-8-20-16-10/h8-9H,2-7H2,1H3,(H,15,18). The first kappa shape index (κ1) is 13.1. The van der Waals surface area contributed by atoms with Gasteiger partial charge in [0.1, 0.15) is 11.6 Å². The fourth-order valence-electron chi connectivity index (χ4n) is 3.10. The van der Waals surface area contributed by atoms with E-state index in [9.17, 15) is 9.59 Å². The number of piperazine rings is 1. The number of nitrogens with zero attached hydrogens (tertiary/aromatic N) is 3. The highest BCUT2D eigenvalue weighted by atomic mass is 16.5. The Labute approximate surface area is 116 Å². The van der Waals surface area contributed by atoms with Gasteiger partial charge in [-0.3, -0.25) is 9.59 Å². The molecule has 1 aliphatic heterocycles. The minimum Gasteiger partial charge on any atom is -0.343 e. The van der Waals surface area contributed by atoms with Crippen molar-refractivity contribution in [1.82, 2.24) is 20.4 Å². The van der Waals surface area contributed by atoms with Crippen LogP contribution in [0.15, 0.2) is 10.9 Å². The number of carbonyl (C=O) groups is 2. The molecule has 1 saturated carbocycles. The topological polar surface area (TPSA) is 88.3 Å². The zero-order valence-corrected chi connectivity index (χ0v) is 11.5. The largest absolute Gasteiger partial charge is 0.343 e. The van der Waals surface area contributed by atoms with E-state index in [0.29, 0.717) is 18.7 Å². The van der Waals surface area contributed by atoms with Gasteiger partial charge in [-0.2, -0.15) is 4.98 Å². The zero-order chi connectivity index (χ0) is 14.2. The number of amides is 2. The molecule has 1 N–H and O–H groups in total. The van der Waals surface area contributed by atoms with Crippen LogP contribution in [0.5, 0.6) is 0 Å². The maximum absolute atomic E-state index is 12.8. The molecule has 20 heavy (non-hydrogen) atoms. The third-order valence-electron chi connectivity index (χ3n) is 4.31. The Morgan fingerprint density at radius 2 is 2.15 bits per heavy atom. The molecule has 7 heteroatoms. The van der Waals surface area contributed by atoms with Gasteiger partial charge < -0.3 is 14.7 Å². The highest BCUT2D eigenvalue weighted by molar-refractivity contribution is 5.99. The lowest BCUT2D eigenvalue weighted by Gasteiger charge is -2.46. The predicted molar refractivity (Wildman–Crippen MR) is 68.3 cm³/mol. The van der Waals surface area contributed by atoms with Crippen molar-refractivity contribution in [2.45, 2.75) is 57.2 Å². The Hall–Kier alpha value is -1.92. The molecule has 0 radical (unpaired) electrons. The molecular formula is C13H18N4O3. The minimum atomic E-state index is -0.717. The van der Waals surface area contributed by atoms with Gasteiger partial charge in [0.25, 0.3) is 0 Å². The van der Waals surface area contributed by atoms with E-state index in [0.717, 1.165) is 19.3 Å². The van der Waals surface area contributed by atoms with E-state index in [4.69, 9.17) is 4.52 Å². The van der Waals surface area contributed by atoms with E-state index in [1.54, 1.807) is 11.8 Å². The number of hydrogen-bond donors (Lipinski definition) is 1. The first-order chi connectivity index (χ1) is 9.62. The molecule has 1 spiro atoms. The van der Waals surface area contributed by atoms with Crippen LogP contribution in [0.25, 0.3) is 0 Å². The van der Waals surface area contributed by atoms with Crippen LogP contribution in [-0.2, 0) is 16.1 Å². The summed E-state index contributed by atoms with van der Waals surface area (Å²) in [5.41, 5.74) is -0.717. The number of nitrogens with one attached hydrogen (secondary N) is 1. The first-order valence-electron chi connectivity index (χ1n) is 7.01. The van der Waals surface area contributed by atoms with E-state index in [1.165, 1.54) is 6.39 Å². The van der Waals surface area contributed by atoms with Crippen LogP contribution in [0, 0.1) is 0 Å². The number of hydrogen-bond acceptors (Lipinski definition) is 5. The van der Waals surface area contributed by atoms with Crippen LogP contribution in [0.1, 0.15) is 44.9 Å². The monoisotopic (exact) mass is 278 g/mol. The Balaban J connectivity index is 1.86. The van der Waals surface area contributed by atoms with Crippen LogP contribution in [0.4, 0.5) is 0 Å². The quantitative estimate of drug-likeness (QED) is 0.856. The van der Waals surface area contributed by atoms with Crippen LogP contribution in [0.3, 0.4) is 0 Å². The van der Waals surface area contributed by atoms with Gasteiger partial charge in [-0.25, -0.2) is 0 Å². The molecule has 108 valence electrons. The van der Waals surface area contributed by atoms with Gasteiger partial charge in [0.15, 0.2) is 5.82 Å². The molecule has 0 bridgehead atoms. The van der Waals surface area contributed by atoms with Gasteiger partial charge in [0.2, 0.25) is 18.2 Å². The average Bonchev–Trinajstić information content (AvgIpc) is 2.96. The highest BCUT2D eigenvalue weighted by Crippen LogP contribution is 2.33. The predicted octanol–water partition coefficient (Wildman–Crippen LogP) is 0.619. The summed E-state index contributed by atoms with van der Waals surface area (Å²) in [4.78, 5) is 30.5. The van der Waals surface area contributed by atoms with E-state index in [-0.39, 0.29) is 18.4 Å². The molecule has 1 aromatic heterocycles. The van der Waals surface area contributed by atoms with Crippen LogP contribution < -0.4 is 5.32 Å². The highest BCUT2D eigenvalue weighted by Gasteiger charge is 2.49. The molecule has 2 heterocycles. The number of carbonyl (C=O) groups excluding carboxylic acids is 2. The van der Waals surface area contributed by atoms with Crippen molar-refractivity contribution >= 4 is 11.8 Å². The summed E-state index contributed by atoms with van der Waals surface area (Å²) in [5.74, 6) is 0.301. The first-order valence-corrected chi connectivity index (χ1v) is 7.01. The normalized spacial score (nSPS) is 25.9. The van der Waals surface area contributed by atoms with Crippen LogP contribution >= 0.6 is 0 Å². The van der Waals surface area contributed by atoms with Gasteiger partial charge in [-0.15, -0.1) is 0 Å². The average molecular weight is 278 g/mol. The van der Waals surface area contributed by atoms with Gasteiger partial charge in [-0.1, -0.05) is 24.4 Å². The van der Waals surface area contributed by atoms with E-state index in [2.05, 4.69) is 15.5 Å². The lowest BCUT2D eigenvalue weighted by atomic mass is 9.78. The number of aromatic nitrogens is 2. The van der Waals surface area contributed by atoms with Crippen molar-refractivity contribution in [1.29, 1.82) is 0 Å². The molecule has 2 fully saturated rings. The molecule has 7 nitrogen and oxygen atoms in total. The van der Waals surface area contributed by atoms with Crippen molar-refractivity contribution in [3.05, 3.63) is 12.2 Å². The van der Waals surface area contributed by atoms with Crippen molar-refractivity contribution < 1.29 is 14.1 Å². The molecule has 2 amide bonds. The van der Waals surface area contributed by atoms with E-state index < -0.39 is 11.6 Å². The molecule has 2 aliphatic rings. The summed E-state index contributed by atoms with van der Waals surface area (Å²) in [7, 11) is 0. The maximum Gasteiger partial charge on any atom is 0.249 e. The Bertz CT molecular complexity index is 508. The Morgan fingerprint density at radius 1 is 1.40 bits per heavy atom. The fraction of sp³-hybridized carbons (Fsp3) is 0.692. The minimum absolute atomic E-state index is 0.0194. The summed E-state index contributed by atoms with van der Waals surface area (Å²) >= 11 is 0. The lowest BCUT2D eigenvalue weighted by molar-refractivity contribution is -0.156. The van der Waals surface area contributed by atoms with Crippen LogP contribution in [0.2, 0.25) is 0 Å². The second-order valence-electron chi connectivity index (χ2n) is 5.59.